The minimum absolute atomic E-state index is 0.0616. The van der Waals surface area contributed by atoms with Crippen LogP contribution in [0.4, 0.5) is 0 Å². The van der Waals surface area contributed by atoms with E-state index in [2.05, 4.69) is 5.10 Å². The van der Waals surface area contributed by atoms with E-state index in [-0.39, 0.29) is 5.69 Å². The van der Waals surface area contributed by atoms with Gasteiger partial charge in [0, 0.05) is 0 Å². The summed E-state index contributed by atoms with van der Waals surface area (Å²) in [5.41, 5.74) is 4.07. The number of aromatic nitrogens is 2. The quantitative estimate of drug-likeness (QED) is 0.799. The minimum Gasteiger partial charge on any atom is -0.476 e. The number of carboxylic acids is 1. The molecule has 2 aromatic carbocycles. The van der Waals surface area contributed by atoms with E-state index in [1.807, 2.05) is 61.5 Å². The van der Waals surface area contributed by atoms with Crippen molar-refractivity contribution in [2.75, 3.05) is 0 Å². The number of hydrogen-bond acceptors (Lipinski definition) is 2. The molecule has 0 atom stereocenters. The van der Waals surface area contributed by atoms with Crippen LogP contribution in [0.15, 0.2) is 60.7 Å². The highest BCUT2D eigenvalue weighted by Crippen LogP contribution is 2.22. The van der Waals surface area contributed by atoms with Crippen LogP contribution in [-0.4, -0.2) is 20.9 Å². The SMILES string of the molecule is Cc1ccc(-c2cc(C(=O)O)nn2Cc2ccccc2)cc1. The first kappa shape index (κ1) is 14.1. The van der Waals surface area contributed by atoms with E-state index in [4.69, 9.17) is 0 Å². The van der Waals surface area contributed by atoms with Gasteiger partial charge in [-0.15, -0.1) is 0 Å². The monoisotopic (exact) mass is 292 g/mol. The number of hydrogen-bond donors (Lipinski definition) is 1. The Morgan fingerprint density at radius 1 is 1.09 bits per heavy atom. The largest absolute Gasteiger partial charge is 0.476 e. The van der Waals surface area contributed by atoms with Gasteiger partial charge in [0.05, 0.1) is 12.2 Å². The van der Waals surface area contributed by atoms with Gasteiger partial charge in [-0.1, -0.05) is 60.2 Å². The van der Waals surface area contributed by atoms with Gasteiger partial charge in [-0.05, 0) is 24.1 Å². The molecular formula is C18H16N2O2. The molecule has 1 N–H and O–H groups in total. The Morgan fingerprint density at radius 2 is 1.77 bits per heavy atom. The molecule has 0 saturated carbocycles. The zero-order chi connectivity index (χ0) is 15.5. The zero-order valence-electron chi connectivity index (χ0n) is 12.2. The van der Waals surface area contributed by atoms with Gasteiger partial charge in [0.2, 0.25) is 0 Å². The van der Waals surface area contributed by atoms with Gasteiger partial charge in [0.15, 0.2) is 5.69 Å². The summed E-state index contributed by atoms with van der Waals surface area (Å²) in [4.78, 5) is 11.2. The average Bonchev–Trinajstić information content (AvgIpc) is 2.93. The van der Waals surface area contributed by atoms with Gasteiger partial charge in [-0.2, -0.15) is 5.10 Å². The number of nitrogens with zero attached hydrogens (tertiary/aromatic N) is 2. The lowest BCUT2D eigenvalue weighted by Crippen LogP contribution is -2.05. The molecule has 0 aliphatic carbocycles. The van der Waals surface area contributed by atoms with Crippen molar-refractivity contribution in [3.63, 3.8) is 0 Å². The van der Waals surface area contributed by atoms with Crippen molar-refractivity contribution < 1.29 is 9.90 Å². The molecule has 1 heterocycles. The molecule has 1 aromatic heterocycles. The van der Waals surface area contributed by atoms with Crippen molar-refractivity contribution in [3.8, 4) is 11.3 Å². The van der Waals surface area contributed by atoms with Crippen LogP contribution in [-0.2, 0) is 6.54 Å². The molecule has 3 aromatic rings. The Morgan fingerprint density at radius 3 is 2.41 bits per heavy atom. The maximum absolute atomic E-state index is 11.2. The maximum atomic E-state index is 11.2. The van der Waals surface area contributed by atoms with Crippen LogP contribution in [0.2, 0.25) is 0 Å². The fourth-order valence-corrected chi connectivity index (χ4v) is 2.35. The molecular weight excluding hydrogens is 276 g/mol. The number of benzene rings is 2. The van der Waals surface area contributed by atoms with Crippen LogP contribution >= 0.6 is 0 Å². The van der Waals surface area contributed by atoms with Crippen LogP contribution in [0, 0.1) is 6.92 Å². The first-order valence-corrected chi connectivity index (χ1v) is 7.05. The van der Waals surface area contributed by atoms with E-state index in [9.17, 15) is 9.90 Å². The van der Waals surface area contributed by atoms with E-state index in [0.717, 1.165) is 22.4 Å². The summed E-state index contributed by atoms with van der Waals surface area (Å²) in [5, 5.41) is 13.4. The summed E-state index contributed by atoms with van der Waals surface area (Å²) in [7, 11) is 0. The van der Waals surface area contributed by atoms with E-state index < -0.39 is 5.97 Å². The van der Waals surface area contributed by atoms with Crippen LogP contribution < -0.4 is 0 Å². The molecule has 0 aliphatic heterocycles. The van der Waals surface area contributed by atoms with Crippen molar-refractivity contribution in [2.45, 2.75) is 13.5 Å². The zero-order valence-corrected chi connectivity index (χ0v) is 12.2. The molecule has 4 nitrogen and oxygen atoms in total. The molecule has 22 heavy (non-hydrogen) atoms. The molecule has 0 radical (unpaired) electrons. The third-order valence-electron chi connectivity index (χ3n) is 3.52. The highest BCUT2D eigenvalue weighted by molar-refractivity contribution is 5.87. The van der Waals surface area contributed by atoms with Crippen molar-refractivity contribution in [2.24, 2.45) is 0 Å². The fraction of sp³-hybridized carbons (Fsp3) is 0.111. The number of aryl methyl sites for hydroxylation is 1. The van der Waals surface area contributed by atoms with Crippen molar-refractivity contribution >= 4 is 5.97 Å². The summed E-state index contributed by atoms with van der Waals surface area (Å²) in [6.07, 6.45) is 0. The predicted molar refractivity (Wildman–Crippen MR) is 84.9 cm³/mol. The average molecular weight is 292 g/mol. The maximum Gasteiger partial charge on any atom is 0.356 e. The molecule has 0 bridgehead atoms. The lowest BCUT2D eigenvalue weighted by Gasteiger charge is -2.08. The van der Waals surface area contributed by atoms with Gasteiger partial charge in [0.1, 0.15) is 0 Å². The molecule has 3 rings (SSSR count). The normalized spacial score (nSPS) is 10.6. The third-order valence-corrected chi connectivity index (χ3v) is 3.52. The molecule has 0 spiro atoms. The highest BCUT2D eigenvalue weighted by Gasteiger charge is 2.14. The van der Waals surface area contributed by atoms with Gasteiger partial charge < -0.3 is 5.11 Å². The second-order valence-electron chi connectivity index (χ2n) is 5.23. The molecule has 110 valence electrons. The molecule has 0 saturated heterocycles. The second-order valence-corrected chi connectivity index (χ2v) is 5.23. The van der Waals surface area contributed by atoms with Gasteiger partial charge in [0.25, 0.3) is 0 Å². The first-order chi connectivity index (χ1) is 10.6. The van der Waals surface area contributed by atoms with Crippen molar-refractivity contribution in [1.82, 2.24) is 9.78 Å². The predicted octanol–water partition coefficient (Wildman–Crippen LogP) is 3.61. The molecule has 0 unspecified atom stereocenters. The number of rotatable bonds is 4. The van der Waals surface area contributed by atoms with Gasteiger partial charge in [-0.25, -0.2) is 4.79 Å². The minimum atomic E-state index is -1.01. The van der Waals surface area contributed by atoms with E-state index in [1.54, 1.807) is 10.7 Å². The summed E-state index contributed by atoms with van der Waals surface area (Å²) in [6.45, 7) is 2.56. The molecule has 0 aliphatic rings. The standard InChI is InChI=1S/C18H16N2O2/c1-13-7-9-15(10-8-13)17-11-16(18(21)22)19-20(17)12-14-5-3-2-4-6-14/h2-11H,12H2,1H3,(H,21,22). The van der Waals surface area contributed by atoms with Gasteiger partial charge >= 0.3 is 5.97 Å². The topological polar surface area (TPSA) is 55.1 Å². The highest BCUT2D eigenvalue weighted by atomic mass is 16.4. The summed E-state index contributed by atoms with van der Waals surface area (Å²) in [5.74, 6) is -1.01. The Balaban J connectivity index is 2.04. The summed E-state index contributed by atoms with van der Waals surface area (Å²) >= 11 is 0. The Kier molecular flexibility index (Phi) is 3.74. The van der Waals surface area contributed by atoms with Gasteiger partial charge in [-0.3, -0.25) is 4.68 Å². The number of carbonyl (C=O) groups is 1. The Hall–Kier alpha value is -2.88. The third kappa shape index (κ3) is 2.91. The summed E-state index contributed by atoms with van der Waals surface area (Å²) in [6, 6.07) is 19.5. The second kappa shape index (κ2) is 5.85. The first-order valence-electron chi connectivity index (χ1n) is 7.05. The van der Waals surface area contributed by atoms with Crippen molar-refractivity contribution in [1.29, 1.82) is 0 Å². The molecule has 0 fully saturated rings. The Bertz CT molecular complexity index is 790. The smallest absolute Gasteiger partial charge is 0.356 e. The molecule has 4 heteroatoms. The van der Waals surface area contributed by atoms with E-state index >= 15 is 0 Å². The van der Waals surface area contributed by atoms with Crippen LogP contribution in [0.3, 0.4) is 0 Å². The summed E-state index contributed by atoms with van der Waals surface area (Å²) < 4.78 is 1.74. The van der Waals surface area contributed by atoms with Crippen LogP contribution in [0.1, 0.15) is 21.6 Å². The molecule has 0 amide bonds. The van der Waals surface area contributed by atoms with Crippen LogP contribution in [0.5, 0.6) is 0 Å². The van der Waals surface area contributed by atoms with E-state index in [1.165, 1.54) is 0 Å². The Labute approximate surface area is 128 Å². The fourth-order valence-electron chi connectivity index (χ4n) is 2.35. The lowest BCUT2D eigenvalue weighted by molar-refractivity contribution is 0.0689. The van der Waals surface area contributed by atoms with Crippen LogP contribution in [0.25, 0.3) is 11.3 Å². The lowest BCUT2D eigenvalue weighted by atomic mass is 10.1. The van der Waals surface area contributed by atoms with E-state index in [0.29, 0.717) is 6.54 Å². The number of aromatic carboxylic acids is 1. The van der Waals surface area contributed by atoms with Crippen molar-refractivity contribution in [3.05, 3.63) is 77.5 Å². The number of carboxylic acid groups (broad SMARTS) is 1.